The molecule has 4 nitrogen and oxygen atoms in total. The third-order valence-corrected chi connectivity index (χ3v) is 5.50. The number of rotatable bonds is 3. The van der Waals surface area contributed by atoms with Crippen molar-refractivity contribution in [1.82, 2.24) is 4.98 Å². The summed E-state index contributed by atoms with van der Waals surface area (Å²) in [6.07, 6.45) is 1.58. The molecule has 0 bridgehead atoms. The van der Waals surface area contributed by atoms with Gasteiger partial charge in [0.1, 0.15) is 5.60 Å². The van der Waals surface area contributed by atoms with E-state index in [1.807, 2.05) is 12.1 Å². The van der Waals surface area contributed by atoms with Gasteiger partial charge in [-0.15, -0.1) is 0 Å². The molecule has 3 aromatic rings. The number of fused-ring (bicyclic) bond motifs is 1. The molecule has 0 aliphatic carbocycles. The summed E-state index contributed by atoms with van der Waals surface area (Å²) in [5.74, 6) is -0.813. The van der Waals surface area contributed by atoms with E-state index in [4.69, 9.17) is 44.5 Å². The van der Waals surface area contributed by atoms with Crippen molar-refractivity contribution in [2.24, 2.45) is 0 Å². The Labute approximate surface area is 188 Å². The van der Waals surface area contributed by atoms with Crippen LogP contribution in [0.4, 0.5) is 0 Å². The number of aromatic nitrogens is 1. The molecular weight excluding hydrogens is 445 g/mol. The van der Waals surface area contributed by atoms with Crippen molar-refractivity contribution in [2.45, 2.75) is 19.4 Å². The predicted molar refractivity (Wildman–Crippen MR) is 120 cm³/mol. The molecule has 0 amide bonds. The van der Waals surface area contributed by atoms with Crippen LogP contribution in [0.3, 0.4) is 0 Å². The van der Waals surface area contributed by atoms with E-state index in [2.05, 4.69) is 0 Å². The van der Waals surface area contributed by atoms with Crippen LogP contribution >= 0.6 is 34.8 Å². The minimum Gasteiger partial charge on any atom is -0.478 e. The molecule has 1 N–H and O–H groups in total. The first-order chi connectivity index (χ1) is 14.1. The molecule has 2 heterocycles. The molecule has 1 aliphatic heterocycles. The van der Waals surface area contributed by atoms with Crippen LogP contribution in [0.25, 0.3) is 28.0 Å². The zero-order valence-electron chi connectivity index (χ0n) is 16.0. The van der Waals surface area contributed by atoms with Gasteiger partial charge in [-0.3, -0.25) is 0 Å². The number of pyridine rings is 1. The van der Waals surface area contributed by atoms with Gasteiger partial charge >= 0.3 is 5.97 Å². The molecule has 4 rings (SSSR count). The lowest BCUT2D eigenvalue weighted by atomic mass is 9.92. The van der Waals surface area contributed by atoms with Crippen LogP contribution in [0.5, 0.6) is 5.88 Å². The van der Waals surface area contributed by atoms with Gasteiger partial charge in [-0.2, -0.15) is 0 Å². The average Bonchev–Trinajstić information content (AvgIpc) is 2.66. The zero-order valence-corrected chi connectivity index (χ0v) is 18.3. The van der Waals surface area contributed by atoms with Crippen LogP contribution in [-0.2, 0) is 4.79 Å². The molecule has 1 aliphatic rings. The second-order valence-electron chi connectivity index (χ2n) is 7.44. The number of hydrogen-bond acceptors (Lipinski definition) is 3. The lowest BCUT2D eigenvalue weighted by molar-refractivity contribution is -0.130. The van der Waals surface area contributed by atoms with E-state index in [0.29, 0.717) is 37.5 Å². The minimum atomic E-state index is -1.05. The van der Waals surface area contributed by atoms with E-state index >= 15 is 0 Å². The molecule has 0 spiro atoms. The summed E-state index contributed by atoms with van der Waals surface area (Å²) in [5, 5.41) is 11.3. The van der Waals surface area contributed by atoms with Gasteiger partial charge in [0, 0.05) is 21.2 Å². The van der Waals surface area contributed by atoms with E-state index in [-0.39, 0.29) is 11.5 Å². The van der Waals surface area contributed by atoms with Crippen molar-refractivity contribution in [3.8, 4) is 28.3 Å². The highest BCUT2D eigenvalue weighted by atomic mass is 35.5. The minimum absolute atomic E-state index is 0.137. The Morgan fingerprint density at radius 2 is 1.60 bits per heavy atom. The molecule has 0 fully saturated rings. The van der Waals surface area contributed by atoms with Gasteiger partial charge in [0.15, 0.2) is 0 Å². The number of benzene rings is 2. The normalized spacial score (nSPS) is 14.5. The van der Waals surface area contributed by atoms with Crippen molar-refractivity contribution in [1.29, 1.82) is 0 Å². The smallest absolute Gasteiger partial charge is 0.336 e. The maximum atomic E-state index is 11.9. The molecule has 1 aromatic heterocycles. The van der Waals surface area contributed by atoms with Gasteiger partial charge in [0.2, 0.25) is 5.88 Å². The molecule has 152 valence electrons. The van der Waals surface area contributed by atoms with Crippen LogP contribution in [0, 0.1) is 0 Å². The maximum absolute atomic E-state index is 11.9. The van der Waals surface area contributed by atoms with E-state index in [1.165, 1.54) is 0 Å². The molecule has 2 aromatic carbocycles. The Hall–Kier alpha value is -2.53. The van der Waals surface area contributed by atoms with Gasteiger partial charge in [0.25, 0.3) is 0 Å². The summed E-state index contributed by atoms with van der Waals surface area (Å²) in [6.45, 7) is 3.56. The fourth-order valence-electron chi connectivity index (χ4n) is 3.38. The summed E-state index contributed by atoms with van der Waals surface area (Å²) in [7, 11) is 0. The van der Waals surface area contributed by atoms with Crippen molar-refractivity contribution in [2.75, 3.05) is 0 Å². The first kappa shape index (κ1) is 20.7. The number of nitrogens with zero attached hydrogens (tertiary/aromatic N) is 1. The predicted octanol–water partition coefficient (Wildman–Crippen LogP) is 7.01. The third-order valence-electron chi connectivity index (χ3n) is 4.70. The van der Waals surface area contributed by atoms with Crippen LogP contribution in [-0.4, -0.2) is 21.7 Å². The number of ether oxygens (including phenoxy) is 1. The van der Waals surface area contributed by atoms with Crippen molar-refractivity contribution >= 4 is 46.3 Å². The lowest BCUT2D eigenvalue weighted by Crippen LogP contribution is -2.31. The Morgan fingerprint density at radius 3 is 2.23 bits per heavy atom. The van der Waals surface area contributed by atoms with Crippen LogP contribution in [0.2, 0.25) is 15.1 Å². The lowest BCUT2D eigenvalue weighted by Gasteiger charge is -2.30. The highest BCUT2D eigenvalue weighted by Crippen LogP contribution is 2.43. The summed E-state index contributed by atoms with van der Waals surface area (Å²) >= 11 is 18.6. The molecule has 0 unspecified atom stereocenters. The van der Waals surface area contributed by atoms with Crippen molar-refractivity contribution in [3.05, 3.63) is 75.2 Å². The van der Waals surface area contributed by atoms with Gasteiger partial charge in [0.05, 0.1) is 21.9 Å². The van der Waals surface area contributed by atoms with E-state index in [0.717, 1.165) is 5.56 Å². The Kier molecular flexibility index (Phi) is 5.27. The molecule has 30 heavy (non-hydrogen) atoms. The van der Waals surface area contributed by atoms with Gasteiger partial charge in [-0.1, -0.05) is 46.9 Å². The van der Waals surface area contributed by atoms with E-state index in [9.17, 15) is 9.90 Å². The quantitative estimate of drug-likeness (QED) is 0.456. The number of hydrogen-bond donors (Lipinski definition) is 1. The summed E-state index contributed by atoms with van der Waals surface area (Å²) < 4.78 is 5.99. The van der Waals surface area contributed by atoms with E-state index < -0.39 is 11.6 Å². The van der Waals surface area contributed by atoms with Crippen molar-refractivity contribution in [3.63, 3.8) is 0 Å². The molecular formula is C23H16Cl3NO3. The molecule has 7 heteroatoms. The highest BCUT2D eigenvalue weighted by molar-refractivity contribution is 6.36. The second-order valence-corrected chi connectivity index (χ2v) is 8.72. The highest BCUT2D eigenvalue weighted by Gasteiger charge is 2.32. The van der Waals surface area contributed by atoms with Crippen LogP contribution < -0.4 is 4.74 Å². The monoisotopic (exact) mass is 459 g/mol. The standard InChI is InChI=1S/C23H16Cl3NO3/c1-23(2)11-18(22(28)29)17-10-16(12-3-5-13(24)6-4-12)20(27-21(17)30-23)15-8-7-14(25)9-19(15)26/h3-11H,1-2H3,(H,28,29). The van der Waals surface area contributed by atoms with Crippen LogP contribution in [0.1, 0.15) is 19.4 Å². The first-order valence-corrected chi connectivity index (χ1v) is 10.2. The van der Waals surface area contributed by atoms with Gasteiger partial charge < -0.3 is 9.84 Å². The Morgan fingerprint density at radius 1 is 0.933 bits per heavy atom. The number of halogens is 3. The van der Waals surface area contributed by atoms with Gasteiger partial charge in [-0.05, 0) is 61.9 Å². The van der Waals surface area contributed by atoms with Crippen LogP contribution in [0.15, 0.2) is 54.6 Å². The average molecular weight is 461 g/mol. The Balaban J connectivity index is 2.03. The van der Waals surface area contributed by atoms with Gasteiger partial charge in [-0.25, -0.2) is 9.78 Å². The maximum Gasteiger partial charge on any atom is 0.336 e. The number of aliphatic carboxylic acids is 1. The number of carboxylic acids is 1. The fraction of sp³-hybridized carbons (Fsp3) is 0.130. The molecule has 0 radical (unpaired) electrons. The number of carbonyl (C=O) groups is 1. The second kappa shape index (κ2) is 7.62. The first-order valence-electron chi connectivity index (χ1n) is 9.06. The third kappa shape index (κ3) is 3.91. The zero-order chi connectivity index (χ0) is 21.6. The largest absolute Gasteiger partial charge is 0.478 e. The summed E-state index contributed by atoms with van der Waals surface area (Å²) in [6, 6.07) is 14.1. The van der Waals surface area contributed by atoms with Crippen molar-refractivity contribution < 1.29 is 14.6 Å². The Bertz CT molecular complexity index is 1200. The molecule has 0 saturated carbocycles. The van der Waals surface area contributed by atoms with E-state index in [1.54, 1.807) is 56.3 Å². The molecule has 0 atom stereocenters. The molecule has 0 saturated heterocycles. The summed E-state index contributed by atoms with van der Waals surface area (Å²) in [5.41, 5.74) is 2.44. The topological polar surface area (TPSA) is 59.4 Å². The SMILES string of the molecule is CC1(C)C=C(C(=O)O)c2cc(-c3ccc(Cl)cc3)c(-c3ccc(Cl)cc3Cl)nc2O1. The number of carboxylic acid groups (broad SMARTS) is 1. The summed E-state index contributed by atoms with van der Waals surface area (Å²) in [4.78, 5) is 16.7. The fourth-order valence-corrected chi connectivity index (χ4v) is 4.01.